The van der Waals surface area contributed by atoms with Crippen molar-refractivity contribution in [1.82, 2.24) is 5.01 Å². The van der Waals surface area contributed by atoms with Gasteiger partial charge in [-0.15, -0.1) is 0 Å². The molecule has 16 heavy (non-hydrogen) atoms. The maximum Gasteiger partial charge on any atom is 0.491 e. The summed E-state index contributed by atoms with van der Waals surface area (Å²) in [5.74, 6) is 0. The van der Waals surface area contributed by atoms with Gasteiger partial charge in [0.05, 0.1) is 11.2 Å². The average Bonchev–Trinajstić information content (AvgIpc) is 2.36. The average molecular weight is 224 g/mol. The number of allylic oxidation sites excluding steroid dienone is 1. The van der Waals surface area contributed by atoms with E-state index >= 15 is 0 Å². The summed E-state index contributed by atoms with van der Waals surface area (Å²) in [6.07, 6.45) is 1.86. The van der Waals surface area contributed by atoms with Crippen molar-refractivity contribution >= 4 is 13.8 Å². The van der Waals surface area contributed by atoms with Crippen LogP contribution in [0.5, 0.6) is 0 Å². The van der Waals surface area contributed by atoms with Crippen LogP contribution in [0.2, 0.25) is 0 Å². The second kappa shape index (κ2) is 4.22. The van der Waals surface area contributed by atoms with Gasteiger partial charge in [0.1, 0.15) is 0 Å². The van der Waals surface area contributed by atoms with Crippen LogP contribution in [0.3, 0.4) is 0 Å². The van der Waals surface area contributed by atoms with Gasteiger partial charge >= 0.3 is 7.12 Å². The van der Waals surface area contributed by atoms with Gasteiger partial charge < -0.3 is 9.31 Å². The monoisotopic (exact) mass is 224 g/mol. The van der Waals surface area contributed by atoms with E-state index in [1.165, 1.54) is 0 Å². The molecule has 1 fully saturated rings. The lowest BCUT2D eigenvalue weighted by Gasteiger charge is -2.32. The second-order valence-electron chi connectivity index (χ2n) is 5.18. The van der Waals surface area contributed by atoms with Crippen LogP contribution in [0.4, 0.5) is 0 Å². The van der Waals surface area contributed by atoms with Gasteiger partial charge in [0.2, 0.25) is 0 Å². The van der Waals surface area contributed by atoms with Crippen LogP contribution in [0.25, 0.3) is 0 Å². The molecule has 0 N–H and O–H groups in total. The molecule has 1 aliphatic rings. The van der Waals surface area contributed by atoms with E-state index in [0.29, 0.717) is 0 Å². The molecule has 5 heteroatoms. The number of hydrazone groups is 1. The Labute approximate surface area is 98.4 Å². The van der Waals surface area contributed by atoms with E-state index in [1.807, 2.05) is 47.9 Å². The SMILES string of the molecule is C=NN(C)/C=C(\C)B1OC(C)(C)C(C)(C)O1. The van der Waals surface area contributed by atoms with E-state index in [9.17, 15) is 0 Å². The van der Waals surface area contributed by atoms with Crippen LogP contribution < -0.4 is 0 Å². The third-order valence-electron chi connectivity index (χ3n) is 3.24. The van der Waals surface area contributed by atoms with E-state index < -0.39 is 0 Å². The molecular weight excluding hydrogens is 203 g/mol. The number of hydrogen-bond acceptors (Lipinski definition) is 4. The molecular formula is C11H21BN2O2. The van der Waals surface area contributed by atoms with Gasteiger partial charge in [0.15, 0.2) is 0 Å². The molecule has 1 rings (SSSR count). The summed E-state index contributed by atoms with van der Waals surface area (Å²) in [5.41, 5.74) is 0.383. The first-order valence-corrected chi connectivity index (χ1v) is 5.43. The molecule has 0 atom stereocenters. The Kier molecular flexibility index (Phi) is 3.50. The molecule has 0 bridgehead atoms. The van der Waals surface area contributed by atoms with Gasteiger partial charge in [-0.3, -0.25) is 5.01 Å². The van der Waals surface area contributed by atoms with E-state index in [4.69, 9.17) is 9.31 Å². The minimum absolute atomic E-state index is 0.299. The summed E-state index contributed by atoms with van der Waals surface area (Å²) in [5, 5.41) is 5.41. The zero-order valence-electron chi connectivity index (χ0n) is 11.1. The third-order valence-corrected chi connectivity index (χ3v) is 3.24. The Morgan fingerprint density at radius 1 is 1.25 bits per heavy atom. The van der Waals surface area contributed by atoms with Crippen molar-refractivity contribution in [2.75, 3.05) is 7.05 Å². The van der Waals surface area contributed by atoms with Gasteiger partial charge in [0.25, 0.3) is 0 Å². The predicted octanol–water partition coefficient (Wildman–Crippen LogP) is 2.07. The van der Waals surface area contributed by atoms with E-state index in [0.717, 1.165) is 5.47 Å². The van der Waals surface area contributed by atoms with Gasteiger partial charge in [-0.1, -0.05) is 0 Å². The fourth-order valence-corrected chi connectivity index (χ4v) is 1.43. The van der Waals surface area contributed by atoms with Crippen LogP contribution in [0.15, 0.2) is 16.8 Å². The summed E-state index contributed by atoms with van der Waals surface area (Å²) in [7, 11) is 1.51. The van der Waals surface area contributed by atoms with Gasteiger partial charge in [0, 0.05) is 20.0 Å². The minimum atomic E-state index is -0.311. The highest BCUT2D eigenvalue weighted by Gasteiger charge is 2.51. The third kappa shape index (κ3) is 2.47. The van der Waals surface area contributed by atoms with E-state index in [1.54, 1.807) is 5.01 Å². The van der Waals surface area contributed by atoms with Crippen molar-refractivity contribution in [2.24, 2.45) is 5.10 Å². The lowest BCUT2D eigenvalue weighted by Crippen LogP contribution is -2.41. The maximum absolute atomic E-state index is 5.89. The molecule has 1 aliphatic heterocycles. The molecule has 0 aromatic rings. The molecule has 90 valence electrons. The summed E-state index contributed by atoms with van der Waals surface area (Å²) in [4.78, 5) is 0. The van der Waals surface area contributed by atoms with Crippen molar-refractivity contribution < 1.29 is 9.31 Å². The fraction of sp³-hybridized carbons (Fsp3) is 0.727. The molecule has 0 saturated carbocycles. The first-order valence-electron chi connectivity index (χ1n) is 5.43. The van der Waals surface area contributed by atoms with Crippen molar-refractivity contribution in [3.8, 4) is 0 Å². The molecule has 4 nitrogen and oxygen atoms in total. The van der Waals surface area contributed by atoms with Crippen LogP contribution in [0.1, 0.15) is 34.6 Å². The molecule has 1 heterocycles. The molecule has 0 unspecified atom stereocenters. The van der Waals surface area contributed by atoms with Crippen LogP contribution in [0, 0.1) is 0 Å². The van der Waals surface area contributed by atoms with E-state index in [2.05, 4.69) is 11.8 Å². The topological polar surface area (TPSA) is 34.1 Å². The van der Waals surface area contributed by atoms with Crippen molar-refractivity contribution in [3.63, 3.8) is 0 Å². The highest BCUT2D eigenvalue weighted by Crippen LogP contribution is 2.38. The largest absolute Gasteiger partial charge is 0.491 e. The highest BCUT2D eigenvalue weighted by molar-refractivity contribution is 6.54. The Hall–Kier alpha value is -0.805. The molecule has 0 radical (unpaired) electrons. The number of rotatable bonds is 3. The summed E-state index contributed by atoms with van der Waals surface area (Å²) < 4.78 is 11.8. The molecule has 0 spiro atoms. The van der Waals surface area contributed by atoms with Gasteiger partial charge in [-0.25, -0.2) is 0 Å². The molecule has 0 aliphatic carbocycles. The Bertz CT molecular complexity index is 297. The molecule has 1 saturated heterocycles. The van der Waals surface area contributed by atoms with Crippen LogP contribution in [-0.2, 0) is 9.31 Å². The first-order chi connectivity index (χ1) is 7.19. The standard InChI is InChI=1S/C11H21BN2O2/c1-9(8-14(7)13-6)12-15-10(2,3)11(4,5)16-12/h8H,6H2,1-5,7H3/b9-8+. The molecule has 0 aromatic carbocycles. The summed E-state index contributed by atoms with van der Waals surface area (Å²) in [6.45, 7) is 13.6. The smallest absolute Gasteiger partial charge is 0.400 e. The number of nitrogens with zero attached hydrogens (tertiary/aromatic N) is 2. The summed E-state index contributed by atoms with van der Waals surface area (Å²) in [6, 6.07) is 0. The van der Waals surface area contributed by atoms with Crippen LogP contribution >= 0.6 is 0 Å². The highest BCUT2D eigenvalue weighted by atomic mass is 16.7. The fourth-order valence-electron chi connectivity index (χ4n) is 1.43. The number of hydrogen-bond donors (Lipinski definition) is 0. The van der Waals surface area contributed by atoms with Crippen molar-refractivity contribution in [2.45, 2.75) is 45.8 Å². The van der Waals surface area contributed by atoms with Crippen molar-refractivity contribution in [1.29, 1.82) is 0 Å². The maximum atomic E-state index is 5.89. The Balaban J connectivity index is 2.80. The molecule has 0 aromatic heterocycles. The molecule has 0 amide bonds. The van der Waals surface area contributed by atoms with E-state index in [-0.39, 0.29) is 18.3 Å². The van der Waals surface area contributed by atoms with Crippen molar-refractivity contribution in [3.05, 3.63) is 11.7 Å². The van der Waals surface area contributed by atoms with Gasteiger partial charge in [-0.2, -0.15) is 5.10 Å². The van der Waals surface area contributed by atoms with Gasteiger partial charge in [-0.05, 0) is 40.1 Å². The predicted molar refractivity (Wildman–Crippen MR) is 67.2 cm³/mol. The first kappa shape index (κ1) is 13.3. The summed E-state index contributed by atoms with van der Waals surface area (Å²) >= 11 is 0. The second-order valence-corrected chi connectivity index (χ2v) is 5.18. The normalized spacial score (nSPS) is 23.4. The zero-order chi connectivity index (χ0) is 12.6. The lowest BCUT2D eigenvalue weighted by molar-refractivity contribution is 0.00578. The lowest BCUT2D eigenvalue weighted by atomic mass is 9.80. The quantitative estimate of drug-likeness (QED) is 0.418. The van der Waals surface area contributed by atoms with Crippen LogP contribution in [-0.4, -0.2) is 37.1 Å². The minimum Gasteiger partial charge on any atom is -0.400 e. The Morgan fingerprint density at radius 3 is 2.06 bits per heavy atom. The Morgan fingerprint density at radius 2 is 1.69 bits per heavy atom. The zero-order valence-corrected chi connectivity index (χ0v) is 11.1.